The highest BCUT2D eigenvalue weighted by atomic mass is 32.2. The van der Waals surface area contributed by atoms with Crippen LogP contribution in [0.1, 0.15) is 35.7 Å². The van der Waals surface area contributed by atoms with E-state index in [-0.39, 0.29) is 5.78 Å². The summed E-state index contributed by atoms with van der Waals surface area (Å²) >= 11 is 1.63. The zero-order valence-electron chi connectivity index (χ0n) is 8.67. The van der Waals surface area contributed by atoms with E-state index >= 15 is 0 Å². The van der Waals surface area contributed by atoms with Gasteiger partial charge in [0.05, 0.1) is 0 Å². The lowest BCUT2D eigenvalue weighted by Crippen LogP contribution is -1.98. The highest BCUT2D eigenvalue weighted by molar-refractivity contribution is 7.98. The summed E-state index contributed by atoms with van der Waals surface area (Å²) in [6, 6.07) is 5.71. The number of rotatable bonds is 4. The molecule has 1 aromatic rings. The van der Waals surface area contributed by atoms with Crippen LogP contribution in [-0.4, -0.2) is 12.0 Å². The Kier molecular flexibility index (Phi) is 4.21. The van der Waals surface area contributed by atoms with Gasteiger partial charge in [-0.2, -0.15) is 0 Å². The summed E-state index contributed by atoms with van der Waals surface area (Å²) in [4.78, 5) is 12.7. The number of thioether (sulfide) groups is 1. The van der Waals surface area contributed by atoms with E-state index in [1.54, 1.807) is 11.8 Å². The average molecular weight is 207 g/mol. The van der Waals surface area contributed by atoms with E-state index in [1.165, 1.54) is 0 Å². The number of hydrogen-bond donors (Lipinski definition) is 0. The Hall–Kier alpha value is -0.760. The first-order chi connectivity index (χ1) is 6.69. The highest BCUT2D eigenvalue weighted by Gasteiger charge is 2.06. The van der Waals surface area contributed by atoms with Gasteiger partial charge in [-0.05, 0) is 31.2 Å². The molecule has 0 heterocycles. The van der Waals surface area contributed by atoms with Crippen molar-refractivity contribution in [3.63, 3.8) is 0 Å². The zero-order chi connectivity index (χ0) is 10.6. The fourth-order valence-corrected chi connectivity index (χ4v) is 1.86. The molecule has 0 aliphatic rings. The molecule has 75 valence electrons. The van der Waals surface area contributed by atoms with Gasteiger partial charge in [0.25, 0.3) is 0 Å². The van der Waals surface area contributed by atoms with E-state index in [9.17, 15) is 4.79 Å². The zero-order valence-corrected chi connectivity index (χ0v) is 9.49. The van der Waals surface area contributed by atoms with E-state index < -0.39 is 0 Å². The molecule has 0 saturated heterocycles. The second-order valence-electron chi connectivity index (χ2n) is 3.20. The van der Waals surface area contributed by atoms with Crippen LogP contribution in [-0.2, 0) is 0 Å². The van der Waals surface area contributed by atoms with Crippen LogP contribution in [0.15, 0.2) is 23.1 Å². The Labute approximate surface area is 89.9 Å². The number of Topliss-reactive ketones (excluding diaryl/α,β-unsaturated/α-hetero) is 1. The summed E-state index contributed by atoms with van der Waals surface area (Å²) in [7, 11) is 0. The van der Waals surface area contributed by atoms with Crippen molar-refractivity contribution in [1.82, 2.24) is 0 Å². The van der Waals surface area contributed by atoms with E-state index in [1.807, 2.05) is 31.4 Å². The minimum absolute atomic E-state index is 0.225. The first kappa shape index (κ1) is 11.3. The monoisotopic (exact) mass is 207 g/mol. The fraction of sp³-hybridized carbons (Fsp3) is 0.333. The Bertz CT molecular complexity index is 331. The van der Waals surface area contributed by atoms with E-state index in [4.69, 9.17) is 0 Å². The number of hydrogen-bond acceptors (Lipinski definition) is 2. The van der Waals surface area contributed by atoms with E-state index in [0.717, 1.165) is 22.4 Å². The van der Waals surface area contributed by atoms with Gasteiger partial charge in [0.15, 0.2) is 5.78 Å². The third kappa shape index (κ3) is 2.61. The Morgan fingerprint density at radius 2 is 2.21 bits per heavy atom. The Morgan fingerprint density at radius 3 is 2.79 bits per heavy atom. The third-order valence-corrected chi connectivity index (χ3v) is 2.91. The Morgan fingerprint density at radius 1 is 1.50 bits per heavy atom. The Balaban J connectivity index is 2.94. The molecule has 0 bridgehead atoms. The van der Waals surface area contributed by atoms with Crippen molar-refractivity contribution in [1.29, 1.82) is 0 Å². The summed E-state index contributed by atoms with van der Waals surface area (Å²) < 4.78 is 0. The lowest BCUT2D eigenvalue weighted by atomic mass is 10.1. The molecular formula is C12H15OS. The van der Waals surface area contributed by atoms with Gasteiger partial charge in [-0.25, -0.2) is 0 Å². The van der Waals surface area contributed by atoms with Gasteiger partial charge in [-0.3, -0.25) is 4.79 Å². The number of carbonyl (C=O) groups is 1. The van der Waals surface area contributed by atoms with Crippen LogP contribution in [0.2, 0.25) is 0 Å². The van der Waals surface area contributed by atoms with Crippen LogP contribution in [0, 0.1) is 6.92 Å². The molecule has 0 fully saturated rings. The molecule has 1 radical (unpaired) electrons. The largest absolute Gasteiger partial charge is 0.294 e. The molecule has 0 atom stereocenters. The maximum atomic E-state index is 11.6. The van der Waals surface area contributed by atoms with Crippen molar-refractivity contribution in [3.8, 4) is 0 Å². The van der Waals surface area contributed by atoms with Crippen molar-refractivity contribution in [2.45, 2.75) is 24.7 Å². The average Bonchev–Trinajstić information content (AvgIpc) is 2.19. The quantitative estimate of drug-likeness (QED) is 0.554. The van der Waals surface area contributed by atoms with Gasteiger partial charge >= 0.3 is 0 Å². The molecule has 1 nitrogen and oxygen atoms in total. The van der Waals surface area contributed by atoms with Gasteiger partial charge in [0.2, 0.25) is 0 Å². The molecule has 0 aromatic heterocycles. The smallest absolute Gasteiger partial charge is 0.162 e. The van der Waals surface area contributed by atoms with Crippen LogP contribution in [0.4, 0.5) is 0 Å². The second-order valence-corrected chi connectivity index (χ2v) is 4.05. The molecule has 0 aliphatic heterocycles. The van der Waals surface area contributed by atoms with Crippen LogP contribution >= 0.6 is 11.8 Å². The van der Waals surface area contributed by atoms with E-state index in [0.29, 0.717) is 6.42 Å². The first-order valence-electron chi connectivity index (χ1n) is 4.72. The first-order valence-corrected chi connectivity index (χ1v) is 5.94. The predicted molar refractivity (Wildman–Crippen MR) is 61.9 cm³/mol. The van der Waals surface area contributed by atoms with Gasteiger partial charge < -0.3 is 0 Å². The maximum absolute atomic E-state index is 11.6. The van der Waals surface area contributed by atoms with Crippen molar-refractivity contribution in [2.75, 3.05) is 6.26 Å². The second kappa shape index (κ2) is 5.20. The van der Waals surface area contributed by atoms with Gasteiger partial charge in [0, 0.05) is 16.9 Å². The maximum Gasteiger partial charge on any atom is 0.162 e. The normalized spacial score (nSPS) is 10.2. The minimum Gasteiger partial charge on any atom is -0.294 e. The van der Waals surface area contributed by atoms with Crippen LogP contribution in [0.5, 0.6) is 0 Å². The van der Waals surface area contributed by atoms with Crippen molar-refractivity contribution in [3.05, 3.63) is 36.2 Å². The summed E-state index contributed by atoms with van der Waals surface area (Å²) in [5.41, 5.74) is 1.80. The van der Waals surface area contributed by atoms with Crippen molar-refractivity contribution >= 4 is 17.5 Å². The molecule has 0 amide bonds. The topological polar surface area (TPSA) is 17.1 Å². The predicted octanol–water partition coefficient (Wildman–Crippen LogP) is 3.57. The number of benzene rings is 1. The molecule has 14 heavy (non-hydrogen) atoms. The molecule has 0 spiro atoms. The lowest BCUT2D eigenvalue weighted by molar-refractivity contribution is 0.0981. The molecule has 0 saturated carbocycles. The van der Waals surface area contributed by atoms with Gasteiger partial charge in [-0.15, -0.1) is 11.8 Å². The van der Waals surface area contributed by atoms with E-state index in [2.05, 4.69) is 6.92 Å². The SMILES string of the molecule is [CH2]c1ccc(C(=O)CCC)cc1SC. The number of carbonyl (C=O) groups excluding carboxylic acids is 1. The molecule has 0 unspecified atom stereocenters. The molecule has 0 N–H and O–H groups in total. The van der Waals surface area contributed by atoms with Crippen molar-refractivity contribution in [2.24, 2.45) is 0 Å². The molecule has 1 rings (SSSR count). The summed E-state index contributed by atoms with van der Waals surface area (Å²) in [6.45, 7) is 5.92. The summed E-state index contributed by atoms with van der Waals surface area (Å²) in [5, 5.41) is 0. The fourth-order valence-electron chi connectivity index (χ4n) is 1.29. The highest BCUT2D eigenvalue weighted by Crippen LogP contribution is 2.21. The van der Waals surface area contributed by atoms with Crippen molar-refractivity contribution < 1.29 is 4.79 Å². The summed E-state index contributed by atoms with van der Waals surface area (Å²) in [6.07, 6.45) is 3.53. The lowest BCUT2D eigenvalue weighted by Gasteiger charge is -2.05. The third-order valence-electron chi connectivity index (χ3n) is 2.09. The standard InChI is InChI=1S/C12H15OS/c1-4-5-11(13)10-7-6-9(2)12(8-10)14-3/h6-8H,2,4-5H2,1,3H3. The molecule has 1 aromatic carbocycles. The molecule has 0 aliphatic carbocycles. The number of ketones is 1. The van der Waals surface area contributed by atoms with Crippen LogP contribution in [0.3, 0.4) is 0 Å². The molecular weight excluding hydrogens is 192 g/mol. The summed E-state index contributed by atoms with van der Waals surface area (Å²) in [5.74, 6) is 0.225. The minimum atomic E-state index is 0.225. The van der Waals surface area contributed by atoms with Crippen LogP contribution < -0.4 is 0 Å². The van der Waals surface area contributed by atoms with Gasteiger partial charge in [0.1, 0.15) is 0 Å². The van der Waals surface area contributed by atoms with Crippen LogP contribution in [0.25, 0.3) is 0 Å². The molecule has 2 heteroatoms. The van der Waals surface area contributed by atoms with Gasteiger partial charge in [-0.1, -0.05) is 19.1 Å².